The van der Waals surface area contributed by atoms with Crippen molar-refractivity contribution in [2.24, 2.45) is 0 Å². The van der Waals surface area contributed by atoms with Crippen LogP contribution in [0.15, 0.2) is 104 Å². The van der Waals surface area contributed by atoms with Crippen LogP contribution in [0.1, 0.15) is 55.5 Å². The molecule has 6 heteroatoms. The van der Waals surface area contributed by atoms with Gasteiger partial charge in [0.1, 0.15) is 13.1 Å². The summed E-state index contributed by atoms with van der Waals surface area (Å²) in [6.07, 6.45) is 8.69. The molecule has 42 heavy (non-hydrogen) atoms. The van der Waals surface area contributed by atoms with Crippen LogP contribution in [0.5, 0.6) is 0 Å². The summed E-state index contributed by atoms with van der Waals surface area (Å²) in [6.45, 7) is 10.3. The minimum Gasteiger partial charge on any atom is -0.322 e. The van der Waals surface area contributed by atoms with Gasteiger partial charge in [-0.05, 0) is 54.1 Å². The SMILES string of the molecule is C=C(C(=O)Nc1ccc2c(ccc[n+]2CCCC)c1)c1ccc(C(=O)Nc2ccc3c(ccc[n+]3CCCC)c2)cc1. The van der Waals surface area contributed by atoms with E-state index < -0.39 is 0 Å². The van der Waals surface area contributed by atoms with E-state index in [1.165, 1.54) is 0 Å². The Balaban J connectivity index is 1.23. The van der Waals surface area contributed by atoms with Crippen molar-refractivity contribution in [1.82, 2.24) is 0 Å². The fourth-order valence-corrected chi connectivity index (χ4v) is 5.13. The Hall–Kier alpha value is -4.84. The van der Waals surface area contributed by atoms with E-state index >= 15 is 0 Å². The molecule has 3 aromatic carbocycles. The lowest BCUT2D eigenvalue weighted by Gasteiger charge is -2.10. The number of carbonyl (C=O) groups excluding carboxylic acids is 2. The number of unbranched alkanes of at least 4 members (excludes halogenated alkanes) is 2. The molecule has 0 unspecified atom stereocenters. The zero-order valence-electron chi connectivity index (χ0n) is 24.4. The monoisotopic (exact) mass is 558 g/mol. The van der Waals surface area contributed by atoms with Gasteiger partial charge >= 0.3 is 0 Å². The molecule has 5 aromatic rings. The maximum atomic E-state index is 13.0. The van der Waals surface area contributed by atoms with E-state index in [0.717, 1.165) is 66.3 Å². The predicted molar refractivity (Wildman–Crippen MR) is 170 cm³/mol. The van der Waals surface area contributed by atoms with Crippen molar-refractivity contribution in [1.29, 1.82) is 0 Å². The highest BCUT2D eigenvalue weighted by atomic mass is 16.2. The summed E-state index contributed by atoms with van der Waals surface area (Å²) in [4.78, 5) is 26.0. The molecule has 0 aliphatic carbocycles. The summed E-state index contributed by atoms with van der Waals surface area (Å²) in [5.41, 5.74) is 5.22. The molecule has 2 heterocycles. The van der Waals surface area contributed by atoms with E-state index in [2.05, 4.69) is 58.7 Å². The first kappa shape index (κ1) is 28.7. The zero-order chi connectivity index (χ0) is 29.5. The summed E-state index contributed by atoms with van der Waals surface area (Å²) in [5.74, 6) is -0.494. The van der Waals surface area contributed by atoms with Gasteiger partial charge in [0.05, 0.1) is 0 Å². The van der Waals surface area contributed by atoms with Crippen LogP contribution < -0.4 is 19.8 Å². The van der Waals surface area contributed by atoms with Crippen molar-refractivity contribution >= 4 is 50.6 Å². The van der Waals surface area contributed by atoms with Gasteiger partial charge in [-0.1, -0.05) is 45.4 Å². The highest BCUT2D eigenvalue weighted by Gasteiger charge is 2.15. The summed E-state index contributed by atoms with van der Waals surface area (Å²) in [5, 5.41) is 8.10. The molecule has 6 nitrogen and oxygen atoms in total. The number of fused-ring (bicyclic) bond motifs is 2. The van der Waals surface area contributed by atoms with E-state index in [1.54, 1.807) is 24.3 Å². The molecule has 0 saturated heterocycles. The number of hydrogen-bond donors (Lipinski definition) is 2. The molecule has 5 rings (SSSR count). The molecule has 212 valence electrons. The van der Waals surface area contributed by atoms with Crippen LogP contribution in [-0.2, 0) is 17.9 Å². The van der Waals surface area contributed by atoms with Crippen molar-refractivity contribution in [3.05, 3.63) is 115 Å². The summed E-state index contributed by atoms with van der Waals surface area (Å²) >= 11 is 0. The van der Waals surface area contributed by atoms with Gasteiger partial charge in [0, 0.05) is 70.4 Å². The molecule has 0 bridgehead atoms. The topological polar surface area (TPSA) is 66.0 Å². The van der Waals surface area contributed by atoms with Crippen molar-refractivity contribution in [3.8, 4) is 0 Å². The first-order valence-electron chi connectivity index (χ1n) is 14.7. The molecule has 0 saturated carbocycles. The quantitative estimate of drug-likeness (QED) is 0.134. The smallest absolute Gasteiger partial charge is 0.255 e. The average Bonchev–Trinajstić information content (AvgIpc) is 3.02. The molecule has 0 atom stereocenters. The number of benzene rings is 3. The Morgan fingerprint density at radius 2 is 1.17 bits per heavy atom. The van der Waals surface area contributed by atoms with Gasteiger partial charge in [0.15, 0.2) is 12.4 Å². The van der Waals surface area contributed by atoms with E-state index in [4.69, 9.17) is 0 Å². The fourth-order valence-electron chi connectivity index (χ4n) is 5.13. The van der Waals surface area contributed by atoms with Crippen molar-refractivity contribution in [2.45, 2.75) is 52.6 Å². The molecule has 0 fully saturated rings. The lowest BCUT2D eigenvalue weighted by molar-refractivity contribution is -0.672. The van der Waals surface area contributed by atoms with Gasteiger partial charge in [-0.3, -0.25) is 9.59 Å². The number of rotatable bonds is 11. The van der Waals surface area contributed by atoms with Gasteiger partial charge in [0.25, 0.3) is 11.8 Å². The van der Waals surface area contributed by atoms with E-state index in [1.807, 2.05) is 54.6 Å². The number of hydrogen-bond acceptors (Lipinski definition) is 2. The molecule has 2 amide bonds. The van der Waals surface area contributed by atoms with Crippen LogP contribution in [0.25, 0.3) is 27.4 Å². The number of nitrogens with one attached hydrogen (secondary N) is 2. The zero-order valence-corrected chi connectivity index (χ0v) is 24.4. The number of pyridine rings is 2. The lowest BCUT2D eigenvalue weighted by atomic mass is 10.0. The summed E-state index contributed by atoms with van der Waals surface area (Å²) in [6, 6.07) is 27.0. The Bertz CT molecular complexity index is 1760. The third kappa shape index (κ3) is 6.55. The number of anilines is 2. The van der Waals surface area contributed by atoms with E-state index in [0.29, 0.717) is 22.4 Å². The maximum Gasteiger partial charge on any atom is 0.255 e. The highest BCUT2D eigenvalue weighted by molar-refractivity contribution is 6.24. The number of aromatic nitrogens is 2. The van der Waals surface area contributed by atoms with Crippen molar-refractivity contribution in [2.75, 3.05) is 10.6 Å². The second kappa shape index (κ2) is 13.2. The molecular weight excluding hydrogens is 520 g/mol. The first-order valence-corrected chi connectivity index (χ1v) is 14.7. The minimum absolute atomic E-state index is 0.210. The molecule has 2 N–H and O–H groups in total. The molecule has 2 aromatic heterocycles. The Morgan fingerprint density at radius 1 is 0.667 bits per heavy atom. The van der Waals surface area contributed by atoms with Crippen LogP contribution in [0, 0.1) is 0 Å². The van der Waals surface area contributed by atoms with Gasteiger partial charge in [0.2, 0.25) is 11.0 Å². The second-order valence-electron chi connectivity index (χ2n) is 10.6. The van der Waals surface area contributed by atoms with Crippen LogP contribution in [0.3, 0.4) is 0 Å². The third-order valence-electron chi connectivity index (χ3n) is 7.55. The van der Waals surface area contributed by atoms with E-state index in [9.17, 15) is 9.59 Å². The normalized spacial score (nSPS) is 11.0. The summed E-state index contributed by atoms with van der Waals surface area (Å²) < 4.78 is 4.49. The van der Waals surface area contributed by atoms with Crippen LogP contribution >= 0.6 is 0 Å². The van der Waals surface area contributed by atoms with Gasteiger partial charge in [-0.2, -0.15) is 9.13 Å². The highest BCUT2D eigenvalue weighted by Crippen LogP contribution is 2.21. The number of aryl methyl sites for hydroxylation is 2. The van der Waals surface area contributed by atoms with Gasteiger partial charge in [-0.25, -0.2) is 0 Å². The third-order valence-corrected chi connectivity index (χ3v) is 7.55. The largest absolute Gasteiger partial charge is 0.322 e. The second-order valence-corrected chi connectivity index (χ2v) is 10.6. The standard InChI is InChI=1S/C36H36N4O2/c1-4-6-20-39-22-8-10-29-24-31(16-18-33(29)39)37-35(41)26(3)27-12-14-28(15-13-27)36(42)38-32-17-19-34-30(25-32)11-9-23-40(34)21-7-5-2/h8-19,22-25H,3-7,20-21H2,1-2H3/p+2. The fraction of sp³-hybridized carbons (Fsp3) is 0.222. The van der Waals surface area contributed by atoms with Gasteiger partial charge in [-0.15, -0.1) is 0 Å². The Labute approximate surface area is 247 Å². The van der Waals surface area contributed by atoms with Crippen molar-refractivity contribution in [3.63, 3.8) is 0 Å². The maximum absolute atomic E-state index is 13.0. The van der Waals surface area contributed by atoms with Gasteiger partial charge < -0.3 is 10.6 Å². The molecule has 0 spiro atoms. The van der Waals surface area contributed by atoms with Crippen molar-refractivity contribution < 1.29 is 18.7 Å². The number of carbonyl (C=O) groups is 2. The Morgan fingerprint density at radius 3 is 1.69 bits per heavy atom. The molecule has 0 aliphatic heterocycles. The van der Waals surface area contributed by atoms with E-state index in [-0.39, 0.29) is 11.8 Å². The minimum atomic E-state index is -0.284. The molecule has 0 radical (unpaired) electrons. The van der Waals surface area contributed by atoms with Crippen LogP contribution in [0.2, 0.25) is 0 Å². The summed E-state index contributed by atoms with van der Waals surface area (Å²) in [7, 11) is 0. The lowest BCUT2D eigenvalue weighted by Crippen LogP contribution is -2.33. The predicted octanol–water partition coefficient (Wildman–Crippen LogP) is 7.07. The van der Waals surface area contributed by atoms with Crippen LogP contribution in [-0.4, -0.2) is 11.8 Å². The average molecular weight is 559 g/mol. The molecular formula is C36H38N4O2+2. The molecule has 0 aliphatic rings. The van der Waals surface area contributed by atoms with Crippen LogP contribution in [0.4, 0.5) is 11.4 Å². The first-order chi connectivity index (χ1) is 20.5. The number of amides is 2. The number of nitrogens with zero attached hydrogens (tertiary/aromatic N) is 2. The Kier molecular flexibility index (Phi) is 9.02.